The first-order chi connectivity index (χ1) is 8.14. The molecule has 1 fully saturated rings. The fraction of sp³-hybridized carbons (Fsp3) is 0.667. The van der Waals surface area contributed by atoms with E-state index in [1.807, 2.05) is 6.08 Å². The van der Waals surface area contributed by atoms with Crippen molar-refractivity contribution in [2.24, 2.45) is 0 Å². The maximum atomic E-state index is 11.9. The van der Waals surface area contributed by atoms with Gasteiger partial charge >= 0.3 is 0 Å². The molecule has 0 aromatic carbocycles. The molecule has 1 unspecified atom stereocenters. The summed E-state index contributed by atoms with van der Waals surface area (Å²) in [4.78, 5) is 11.9. The third-order valence-electron chi connectivity index (χ3n) is 3.00. The monoisotopic (exact) mass is 234 g/mol. The van der Waals surface area contributed by atoms with Gasteiger partial charge in [0, 0.05) is 18.4 Å². The fourth-order valence-corrected chi connectivity index (χ4v) is 2.04. The highest BCUT2D eigenvalue weighted by Gasteiger charge is 2.36. The van der Waals surface area contributed by atoms with Crippen molar-refractivity contribution in [1.82, 2.24) is 0 Å². The van der Waals surface area contributed by atoms with Gasteiger partial charge in [0.2, 0.25) is 0 Å². The number of ketones is 1. The Labute approximate surface area is 104 Å². The van der Waals surface area contributed by atoms with Crippen LogP contribution in [0.5, 0.6) is 0 Å². The molecule has 1 aliphatic rings. The molecular formula is C15H22O2. The normalized spacial score (nSPS) is 26.8. The SMILES string of the molecule is CCCC#CC1(O)CCCC(=O)/C1=C\CCC. The number of carbonyl (C=O) groups excluding carboxylic acids is 1. The van der Waals surface area contributed by atoms with E-state index in [1.54, 1.807) is 0 Å². The van der Waals surface area contributed by atoms with Gasteiger partial charge < -0.3 is 5.11 Å². The molecule has 2 heteroatoms. The lowest BCUT2D eigenvalue weighted by Crippen LogP contribution is -2.37. The molecular weight excluding hydrogens is 212 g/mol. The van der Waals surface area contributed by atoms with E-state index in [9.17, 15) is 9.90 Å². The second kappa shape index (κ2) is 6.61. The molecule has 0 aromatic rings. The highest BCUT2D eigenvalue weighted by molar-refractivity contribution is 5.98. The van der Waals surface area contributed by atoms with E-state index < -0.39 is 5.60 Å². The largest absolute Gasteiger partial charge is 0.373 e. The van der Waals surface area contributed by atoms with Crippen LogP contribution in [0.4, 0.5) is 0 Å². The van der Waals surface area contributed by atoms with Crippen LogP contribution < -0.4 is 0 Å². The van der Waals surface area contributed by atoms with Gasteiger partial charge in [-0.3, -0.25) is 4.79 Å². The average Bonchev–Trinajstić information content (AvgIpc) is 2.29. The smallest absolute Gasteiger partial charge is 0.162 e. The molecule has 17 heavy (non-hydrogen) atoms. The van der Waals surface area contributed by atoms with Crippen LogP contribution >= 0.6 is 0 Å². The lowest BCUT2D eigenvalue weighted by Gasteiger charge is -2.29. The van der Waals surface area contributed by atoms with Crippen LogP contribution in [0.15, 0.2) is 11.6 Å². The summed E-state index contributed by atoms with van der Waals surface area (Å²) in [7, 11) is 0. The van der Waals surface area contributed by atoms with Crippen LogP contribution in [0.25, 0.3) is 0 Å². The third kappa shape index (κ3) is 3.71. The average molecular weight is 234 g/mol. The van der Waals surface area contributed by atoms with Gasteiger partial charge in [0.1, 0.15) is 0 Å². The molecule has 0 radical (unpaired) electrons. The summed E-state index contributed by atoms with van der Waals surface area (Å²) >= 11 is 0. The zero-order chi connectivity index (χ0) is 12.7. The highest BCUT2D eigenvalue weighted by atomic mass is 16.3. The molecule has 1 saturated carbocycles. The Morgan fingerprint density at radius 2 is 2.18 bits per heavy atom. The van der Waals surface area contributed by atoms with Gasteiger partial charge in [-0.05, 0) is 25.7 Å². The fourth-order valence-electron chi connectivity index (χ4n) is 2.04. The maximum absolute atomic E-state index is 11.9. The first kappa shape index (κ1) is 14.0. The van der Waals surface area contributed by atoms with Gasteiger partial charge in [0.15, 0.2) is 11.4 Å². The van der Waals surface area contributed by atoms with Crippen molar-refractivity contribution in [2.45, 2.75) is 64.4 Å². The van der Waals surface area contributed by atoms with Gasteiger partial charge in [-0.1, -0.05) is 38.2 Å². The van der Waals surface area contributed by atoms with Gasteiger partial charge in [-0.15, -0.1) is 0 Å². The lowest BCUT2D eigenvalue weighted by molar-refractivity contribution is -0.118. The van der Waals surface area contributed by atoms with Crippen molar-refractivity contribution in [1.29, 1.82) is 0 Å². The minimum Gasteiger partial charge on any atom is -0.373 e. The number of hydrogen-bond acceptors (Lipinski definition) is 2. The van der Waals surface area contributed by atoms with E-state index in [4.69, 9.17) is 0 Å². The Kier molecular flexibility index (Phi) is 5.44. The van der Waals surface area contributed by atoms with Crippen LogP contribution in [0.3, 0.4) is 0 Å². The molecule has 0 spiro atoms. The minimum absolute atomic E-state index is 0.0676. The van der Waals surface area contributed by atoms with Gasteiger partial charge in [0.25, 0.3) is 0 Å². The number of unbranched alkanes of at least 4 members (excludes halogenated alkanes) is 2. The Morgan fingerprint density at radius 1 is 1.41 bits per heavy atom. The van der Waals surface area contributed by atoms with Gasteiger partial charge in [-0.2, -0.15) is 0 Å². The van der Waals surface area contributed by atoms with Gasteiger partial charge in [0.05, 0.1) is 0 Å². The van der Waals surface area contributed by atoms with E-state index in [-0.39, 0.29) is 5.78 Å². The molecule has 0 heterocycles. The lowest BCUT2D eigenvalue weighted by atomic mass is 9.79. The first-order valence-electron chi connectivity index (χ1n) is 6.60. The highest BCUT2D eigenvalue weighted by Crippen LogP contribution is 2.31. The quantitative estimate of drug-likeness (QED) is 0.602. The van der Waals surface area contributed by atoms with Crippen molar-refractivity contribution >= 4 is 5.78 Å². The van der Waals surface area contributed by atoms with Crippen LogP contribution in [-0.2, 0) is 4.79 Å². The van der Waals surface area contributed by atoms with E-state index in [2.05, 4.69) is 25.7 Å². The summed E-state index contributed by atoms with van der Waals surface area (Å²) in [6.07, 6.45) is 7.32. The predicted molar refractivity (Wildman–Crippen MR) is 69.5 cm³/mol. The molecule has 0 aliphatic heterocycles. The second-order valence-corrected chi connectivity index (χ2v) is 4.60. The molecule has 1 atom stereocenters. The molecule has 1 rings (SSSR count). The molecule has 94 valence electrons. The van der Waals surface area contributed by atoms with Gasteiger partial charge in [-0.25, -0.2) is 0 Å². The Morgan fingerprint density at radius 3 is 2.82 bits per heavy atom. The molecule has 1 aliphatic carbocycles. The molecule has 2 nitrogen and oxygen atoms in total. The topological polar surface area (TPSA) is 37.3 Å². The Hall–Kier alpha value is -1.07. The van der Waals surface area contributed by atoms with Crippen molar-refractivity contribution in [3.63, 3.8) is 0 Å². The Balaban J connectivity index is 2.92. The van der Waals surface area contributed by atoms with Crippen molar-refractivity contribution < 1.29 is 9.90 Å². The Bertz CT molecular complexity index is 357. The standard InChI is InChI=1S/C15H22O2/c1-3-5-7-11-15(17)12-8-10-14(16)13(15)9-6-4-2/h9,17H,3-6,8,10,12H2,1-2H3/b13-9+. The summed E-state index contributed by atoms with van der Waals surface area (Å²) in [5, 5.41) is 10.5. The van der Waals surface area contributed by atoms with E-state index in [0.29, 0.717) is 18.4 Å². The minimum atomic E-state index is -1.18. The molecule has 0 bridgehead atoms. The number of Topliss-reactive ketones (excluding diaryl/α,β-unsaturated/α-hetero) is 1. The summed E-state index contributed by atoms with van der Waals surface area (Å²) in [6, 6.07) is 0. The zero-order valence-corrected chi connectivity index (χ0v) is 10.9. The summed E-state index contributed by atoms with van der Waals surface area (Å²) in [6.45, 7) is 4.12. The van der Waals surface area contributed by atoms with Crippen LogP contribution in [0.2, 0.25) is 0 Å². The third-order valence-corrected chi connectivity index (χ3v) is 3.00. The van der Waals surface area contributed by atoms with Crippen molar-refractivity contribution in [3.8, 4) is 11.8 Å². The van der Waals surface area contributed by atoms with Crippen LogP contribution in [0, 0.1) is 11.8 Å². The number of rotatable bonds is 3. The summed E-state index contributed by atoms with van der Waals surface area (Å²) in [5.41, 5.74) is -0.645. The number of carbonyl (C=O) groups is 1. The van der Waals surface area contributed by atoms with Crippen molar-refractivity contribution in [3.05, 3.63) is 11.6 Å². The van der Waals surface area contributed by atoms with E-state index in [0.717, 1.165) is 32.1 Å². The summed E-state index contributed by atoms with van der Waals surface area (Å²) in [5.74, 6) is 5.95. The zero-order valence-electron chi connectivity index (χ0n) is 10.9. The summed E-state index contributed by atoms with van der Waals surface area (Å²) < 4.78 is 0. The number of hydrogen-bond donors (Lipinski definition) is 1. The molecule has 1 N–H and O–H groups in total. The first-order valence-corrected chi connectivity index (χ1v) is 6.60. The van der Waals surface area contributed by atoms with E-state index in [1.165, 1.54) is 0 Å². The van der Waals surface area contributed by atoms with Crippen LogP contribution in [0.1, 0.15) is 58.8 Å². The van der Waals surface area contributed by atoms with Crippen molar-refractivity contribution in [2.75, 3.05) is 0 Å². The van der Waals surface area contributed by atoms with Crippen LogP contribution in [-0.4, -0.2) is 16.5 Å². The predicted octanol–water partition coefficient (Wildman–Crippen LogP) is 3.00. The number of aliphatic hydroxyl groups is 1. The molecule has 0 amide bonds. The maximum Gasteiger partial charge on any atom is 0.162 e. The second-order valence-electron chi connectivity index (χ2n) is 4.60. The van der Waals surface area contributed by atoms with E-state index >= 15 is 0 Å². The molecule has 0 aromatic heterocycles. The molecule has 0 saturated heterocycles. The number of allylic oxidation sites excluding steroid dienone is 1.